The Balaban J connectivity index is 0.00000341. The number of tetrazole rings is 1. The van der Waals surface area contributed by atoms with E-state index < -0.39 is 11.7 Å². The zero-order valence-electron chi connectivity index (χ0n) is 17.4. The second-order valence-corrected chi connectivity index (χ2v) is 7.52. The molecule has 1 aromatic carbocycles. The van der Waals surface area contributed by atoms with Gasteiger partial charge in [0, 0.05) is 19.7 Å². The fraction of sp³-hybridized carbons (Fsp3) is 0.500. The van der Waals surface area contributed by atoms with E-state index in [-0.39, 0.29) is 24.9 Å². The third kappa shape index (κ3) is 7.03. The van der Waals surface area contributed by atoms with Crippen molar-refractivity contribution in [1.82, 2.24) is 30.4 Å². The highest BCUT2D eigenvalue weighted by atomic mass is 35.5. The van der Waals surface area contributed by atoms with Crippen LogP contribution in [0, 0.1) is 12.8 Å². The molecule has 3 rings (SSSR count). The zero-order chi connectivity index (χ0) is 21.7. The van der Waals surface area contributed by atoms with E-state index in [4.69, 9.17) is 0 Å². The van der Waals surface area contributed by atoms with Gasteiger partial charge in [-0.25, -0.2) is 0 Å². The van der Waals surface area contributed by atoms with Crippen LogP contribution in [-0.4, -0.2) is 57.7 Å². The minimum atomic E-state index is -4.46. The molecule has 0 unspecified atom stereocenters. The largest absolute Gasteiger partial charge is 0.416 e. The number of nitrogens with one attached hydrogen (secondary N) is 1. The smallest absolute Gasteiger partial charge is 0.342 e. The van der Waals surface area contributed by atoms with E-state index in [1.165, 1.54) is 16.9 Å². The molecule has 1 aromatic heterocycles. The Hall–Kier alpha value is -2.46. The van der Waals surface area contributed by atoms with Crippen LogP contribution in [0.15, 0.2) is 24.3 Å². The molecule has 0 bridgehead atoms. The van der Waals surface area contributed by atoms with E-state index in [1.807, 2.05) is 0 Å². The number of aryl methyl sites for hydroxylation is 1. The van der Waals surface area contributed by atoms with Gasteiger partial charge in [0.1, 0.15) is 0 Å². The van der Waals surface area contributed by atoms with Crippen LogP contribution < -0.4 is 5.32 Å². The number of nitrogens with zero attached hydrogens (tertiary/aromatic N) is 5. The van der Waals surface area contributed by atoms with Crippen LogP contribution in [0.25, 0.3) is 6.08 Å². The molecule has 7 nitrogen and oxygen atoms in total. The molecule has 170 valence electrons. The lowest BCUT2D eigenvalue weighted by Gasteiger charge is -2.27. The van der Waals surface area contributed by atoms with E-state index in [0.717, 1.165) is 38.1 Å². The molecular formula is C20H26ClF3N6O. The molecule has 0 atom stereocenters. The van der Waals surface area contributed by atoms with Gasteiger partial charge < -0.3 is 10.2 Å². The summed E-state index contributed by atoms with van der Waals surface area (Å²) in [5, 5.41) is 14.9. The lowest BCUT2D eigenvalue weighted by molar-refractivity contribution is -0.137. The Bertz CT molecular complexity index is 909. The summed E-state index contributed by atoms with van der Waals surface area (Å²) in [4.78, 5) is 15.4. The summed E-state index contributed by atoms with van der Waals surface area (Å²) in [6, 6.07) is 3.42. The maximum Gasteiger partial charge on any atom is 0.416 e. The molecule has 11 heteroatoms. The first kappa shape index (κ1) is 24.8. The molecule has 1 saturated heterocycles. The summed E-state index contributed by atoms with van der Waals surface area (Å²) in [7, 11) is 1.74. The molecule has 0 aliphatic carbocycles. The molecular weight excluding hydrogens is 433 g/mol. The summed E-state index contributed by atoms with van der Waals surface area (Å²) >= 11 is 0. The van der Waals surface area contributed by atoms with Gasteiger partial charge in [-0.05, 0) is 73.3 Å². The zero-order valence-corrected chi connectivity index (χ0v) is 18.2. The SMILES string of the molecule is Cc1nnn(Cc2cc(C(F)(F)F)ccc2C=CC(=O)N(C)CC2CCNCC2)n1.Cl. The summed E-state index contributed by atoms with van der Waals surface area (Å²) in [6.45, 7) is 4.23. The highest BCUT2D eigenvalue weighted by Crippen LogP contribution is 2.31. The van der Waals surface area contributed by atoms with Crippen LogP contribution in [0.3, 0.4) is 0 Å². The van der Waals surface area contributed by atoms with Gasteiger partial charge in [0.15, 0.2) is 5.82 Å². The third-order valence-electron chi connectivity index (χ3n) is 5.11. The predicted molar refractivity (Wildman–Crippen MR) is 113 cm³/mol. The normalized spacial score (nSPS) is 15.1. The molecule has 0 saturated carbocycles. The quantitative estimate of drug-likeness (QED) is 0.673. The third-order valence-corrected chi connectivity index (χ3v) is 5.11. The van der Waals surface area contributed by atoms with Crippen LogP contribution in [0.5, 0.6) is 0 Å². The van der Waals surface area contributed by atoms with Gasteiger partial charge in [-0.2, -0.15) is 18.0 Å². The number of rotatable bonds is 6. The monoisotopic (exact) mass is 458 g/mol. The average Bonchev–Trinajstić information content (AvgIpc) is 3.11. The van der Waals surface area contributed by atoms with Gasteiger partial charge in [-0.15, -0.1) is 22.6 Å². The summed E-state index contributed by atoms with van der Waals surface area (Å²) < 4.78 is 39.5. The van der Waals surface area contributed by atoms with Crippen molar-refractivity contribution < 1.29 is 18.0 Å². The fourth-order valence-corrected chi connectivity index (χ4v) is 3.45. The topological polar surface area (TPSA) is 75.9 Å². The van der Waals surface area contributed by atoms with Crippen molar-refractivity contribution in [2.75, 3.05) is 26.7 Å². The number of likely N-dealkylation sites (N-methyl/N-ethyl adjacent to an activating group) is 1. The molecule has 31 heavy (non-hydrogen) atoms. The Labute approximate surface area is 185 Å². The molecule has 0 spiro atoms. The van der Waals surface area contributed by atoms with Crippen LogP contribution in [0.4, 0.5) is 13.2 Å². The Kier molecular flexibility index (Phi) is 8.58. The Morgan fingerprint density at radius 2 is 2.03 bits per heavy atom. The molecule has 1 aliphatic rings. The van der Waals surface area contributed by atoms with Crippen molar-refractivity contribution in [2.24, 2.45) is 5.92 Å². The van der Waals surface area contributed by atoms with Crippen LogP contribution in [0.1, 0.15) is 35.4 Å². The van der Waals surface area contributed by atoms with Crippen molar-refractivity contribution >= 4 is 24.4 Å². The number of piperidine rings is 1. The molecule has 1 N–H and O–H groups in total. The number of hydrogen-bond acceptors (Lipinski definition) is 5. The second-order valence-electron chi connectivity index (χ2n) is 7.52. The number of carbonyl (C=O) groups excluding carboxylic acids is 1. The van der Waals surface area contributed by atoms with Gasteiger partial charge in [-0.3, -0.25) is 4.79 Å². The number of carbonyl (C=O) groups is 1. The van der Waals surface area contributed by atoms with Gasteiger partial charge in [-0.1, -0.05) is 6.07 Å². The first-order valence-electron chi connectivity index (χ1n) is 9.81. The Morgan fingerprint density at radius 1 is 1.32 bits per heavy atom. The van der Waals surface area contributed by atoms with E-state index in [0.29, 0.717) is 29.4 Å². The number of halogens is 4. The van der Waals surface area contributed by atoms with Crippen molar-refractivity contribution in [3.8, 4) is 0 Å². The number of amides is 1. The average molecular weight is 459 g/mol. The van der Waals surface area contributed by atoms with E-state index in [9.17, 15) is 18.0 Å². The lowest BCUT2D eigenvalue weighted by atomic mass is 9.97. The van der Waals surface area contributed by atoms with Crippen LogP contribution in [-0.2, 0) is 17.5 Å². The minimum absolute atomic E-state index is 0. The summed E-state index contributed by atoms with van der Waals surface area (Å²) in [6.07, 6.45) is 0.519. The highest BCUT2D eigenvalue weighted by Gasteiger charge is 2.31. The molecule has 1 fully saturated rings. The standard InChI is InChI=1S/C20H25F3N6O.ClH/c1-14-25-27-29(26-14)13-17-11-18(20(21,22)23)5-3-16(17)4-6-19(30)28(2)12-15-7-9-24-10-8-15;/h3-6,11,15,24H,7-10,12-13H2,1-2H3;1H. The fourth-order valence-electron chi connectivity index (χ4n) is 3.45. The Morgan fingerprint density at radius 3 is 2.65 bits per heavy atom. The molecule has 2 heterocycles. The van der Waals surface area contributed by atoms with Crippen molar-refractivity contribution in [3.63, 3.8) is 0 Å². The maximum absolute atomic E-state index is 13.2. The number of benzene rings is 1. The molecule has 1 amide bonds. The van der Waals surface area contributed by atoms with Crippen molar-refractivity contribution in [1.29, 1.82) is 0 Å². The van der Waals surface area contributed by atoms with Crippen LogP contribution >= 0.6 is 12.4 Å². The molecule has 1 aliphatic heterocycles. The first-order valence-corrected chi connectivity index (χ1v) is 9.81. The van der Waals surface area contributed by atoms with Crippen molar-refractivity contribution in [2.45, 2.75) is 32.5 Å². The number of alkyl halides is 3. The summed E-state index contributed by atoms with van der Waals surface area (Å²) in [5.74, 6) is 0.694. The van der Waals surface area contributed by atoms with Gasteiger partial charge in [0.25, 0.3) is 0 Å². The maximum atomic E-state index is 13.2. The van der Waals surface area contributed by atoms with E-state index >= 15 is 0 Å². The predicted octanol–water partition coefficient (Wildman–Crippen LogP) is 2.94. The van der Waals surface area contributed by atoms with Gasteiger partial charge in [0.05, 0.1) is 12.1 Å². The van der Waals surface area contributed by atoms with E-state index in [2.05, 4.69) is 20.7 Å². The number of aromatic nitrogens is 4. The highest BCUT2D eigenvalue weighted by molar-refractivity contribution is 5.91. The van der Waals surface area contributed by atoms with E-state index in [1.54, 1.807) is 24.9 Å². The van der Waals surface area contributed by atoms with Crippen LogP contribution in [0.2, 0.25) is 0 Å². The second kappa shape index (κ2) is 10.7. The molecule has 2 aromatic rings. The van der Waals surface area contributed by atoms with Crippen molar-refractivity contribution in [3.05, 3.63) is 46.8 Å². The lowest BCUT2D eigenvalue weighted by Crippen LogP contribution is -2.36. The van der Waals surface area contributed by atoms with Gasteiger partial charge >= 0.3 is 6.18 Å². The first-order chi connectivity index (χ1) is 14.2. The minimum Gasteiger partial charge on any atom is -0.342 e. The summed E-state index contributed by atoms with van der Waals surface area (Å²) in [5.41, 5.74) is 0.0923. The van der Waals surface area contributed by atoms with Gasteiger partial charge in [0.2, 0.25) is 5.91 Å². The molecule has 0 radical (unpaired) electrons. The number of hydrogen-bond donors (Lipinski definition) is 1.